The first-order chi connectivity index (χ1) is 9.33. The van der Waals surface area contributed by atoms with E-state index in [-0.39, 0.29) is 12.0 Å². The molecule has 98 valence electrons. The molecule has 1 N–H and O–H groups in total. The molecule has 1 amide bonds. The lowest BCUT2D eigenvalue weighted by atomic mass is 10.1. The fourth-order valence-electron chi connectivity index (χ4n) is 2.44. The van der Waals surface area contributed by atoms with Gasteiger partial charge < -0.3 is 10.1 Å². The van der Waals surface area contributed by atoms with Crippen molar-refractivity contribution in [3.63, 3.8) is 0 Å². The molecule has 0 aromatic heterocycles. The minimum atomic E-state index is -0.250. The fourth-order valence-corrected chi connectivity index (χ4v) is 2.44. The number of hydrogen-bond donors (Lipinski definition) is 1. The van der Waals surface area contributed by atoms with Crippen molar-refractivity contribution in [3.8, 4) is 0 Å². The number of ether oxygens (including phenoxy) is 1. The Labute approximate surface area is 112 Å². The Morgan fingerprint density at radius 2 is 2.05 bits per heavy atom. The second-order valence-electron chi connectivity index (χ2n) is 4.90. The van der Waals surface area contributed by atoms with E-state index >= 15 is 0 Å². The molecule has 0 aliphatic carbocycles. The second kappa shape index (κ2) is 5.41. The predicted molar refractivity (Wildman–Crippen MR) is 74.8 cm³/mol. The van der Waals surface area contributed by atoms with E-state index in [4.69, 9.17) is 4.74 Å². The van der Waals surface area contributed by atoms with E-state index in [1.807, 2.05) is 12.1 Å². The van der Waals surface area contributed by atoms with Gasteiger partial charge in [-0.2, -0.15) is 0 Å². The Hall–Kier alpha value is -1.87. The normalized spacial score (nSPS) is 18.6. The molecule has 19 heavy (non-hydrogen) atoms. The van der Waals surface area contributed by atoms with Crippen LogP contribution in [0.5, 0.6) is 0 Å². The van der Waals surface area contributed by atoms with Gasteiger partial charge in [0, 0.05) is 13.2 Å². The molecule has 0 bridgehead atoms. The van der Waals surface area contributed by atoms with Crippen LogP contribution in [0.2, 0.25) is 0 Å². The lowest BCUT2D eigenvalue weighted by Crippen LogP contribution is -2.33. The first-order valence-corrected chi connectivity index (χ1v) is 6.70. The van der Waals surface area contributed by atoms with Crippen molar-refractivity contribution in [2.45, 2.75) is 25.5 Å². The molecule has 1 atom stereocenters. The highest BCUT2D eigenvalue weighted by atomic mass is 16.5. The third-order valence-corrected chi connectivity index (χ3v) is 3.50. The van der Waals surface area contributed by atoms with E-state index in [2.05, 4.69) is 35.6 Å². The molecule has 3 rings (SSSR count). The summed E-state index contributed by atoms with van der Waals surface area (Å²) in [6, 6.07) is 14.5. The topological polar surface area (TPSA) is 38.3 Å². The van der Waals surface area contributed by atoms with Crippen LogP contribution in [-0.4, -0.2) is 18.6 Å². The first-order valence-electron chi connectivity index (χ1n) is 6.70. The van der Waals surface area contributed by atoms with Gasteiger partial charge in [0.25, 0.3) is 0 Å². The molecule has 2 aromatic carbocycles. The van der Waals surface area contributed by atoms with E-state index in [0.717, 1.165) is 18.4 Å². The molecule has 1 heterocycles. The third-order valence-electron chi connectivity index (χ3n) is 3.50. The Balaban J connectivity index is 1.66. The number of carbonyl (C=O) groups is 1. The van der Waals surface area contributed by atoms with Gasteiger partial charge in [0.1, 0.15) is 6.10 Å². The SMILES string of the molecule is O=C(NCc1ccc2ccccc2c1)C1CCCO1. The van der Waals surface area contributed by atoms with Crippen LogP contribution >= 0.6 is 0 Å². The van der Waals surface area contributed by atoms with Crippen molar-refractivity contribution >= 4 is 16.7 Å². The van der Waals surface area contributed by atoms with Gasteiger partial charge in [-0.05, 0) is 35.2 Å². The van der Waals surface area contributed by atoms with Crippen LogP contribution in [-0.2, 0) is 16.1 Å². The average Bonchev–Trinajstić information content (AvgIpc) is 2.99. The van der Waals surface area contributed by atoms with E-state index in [1.165, 1.54) is 10.8 Å². The zero-order chi connectivity index (χ0) is 13.1. The minimum Gasteiger partial charge on any atom is -0.368 e. The molecule has 1 aliphatic rings. The fraction of sp³-hybridized carbons (Fsp3) is 0.312. The van der Waals surface area contributed by atoms with Crippen LogP contribution in [0.15, 0.2) is 42.5 Å². The lowest BCUT2D eigenvalue weighted by Gasteiger charge is -2.10. The predicted octanol–water partition coefficient (Wildman–Crippen LogP) is 2.64. The Kier molecular flexibility index (Phi) is 3.47. The van der Waals surface area contributed by atoms with Crippen molar-refractivity contribution in [2.24, 2.45) is 0 Å². The van der Waals surface area contributed by atoms with E-state index in [9.17, 15) is 4.79 Å². The first kappa shape index (κ1) is 12.2. The molecule has 3 nitrogen and oxygen atoms in total. The third kappa shape index (κ3) is 2.76. The van der Waals surface area contributed by atoms with E-state index < -0.39 is 0 Å². The van der Waals surface area contributed by atoms with Gasteiger partial charge in [0.05, 0.1) is 0 Å². The molecule has 0 radical (unpaired) electrons. The molecule has 0 spiro atoms. The molecule has 1 saturated heterocycles. The number of nitrogens with one attached hydrogen (secondary N) is 1. The van der Waals surface area contributed by atoms with Gasteiger partial charge >= 0.3 is 0 Å². The van der Waals surface area contributed by atoms with Gasteiger partial charge in [0.2, 0.25) is 5.91 Å². The molecular weight excluding hydrogens is 238 g/mol. The summed E-state index contributed by atoms with van der Waals surface area (Å²) in [4.78, 5) is 11.8. The molecule has 1 aliphatic heterocycles. The summed E-state index contributed by atoms with van der Waals surface area (Å²) in [6.07, 6.45) is 1.57. The van der Waals surface area contributed by atoms with Crippen LogP contribution in [0.25, 0.3) is 10.8 Å². The molecule has 3 heteroatoms. The maximum atomic E-state index is 11.8. The van der Waals surface area contributed by atoms with Crippen molar-refractivity contribution in [1.29, 1.82) is 0 Å². The van der Waals surface area contributed by atoms with Crippen LogP contribution in [0.3, 0.4) is 0 Å². The van der Waals surface area contributed by atoms with Crippen LogP contribution < -0.4 is 5.32 Å². The largest absolute Gasteiger partial charge is 0.368 e. The van der Waals surface area contributed by atoms with Crippen molar-refractivity contribution in [3.05, 3.63) is 48.0 Å². The van der Waals surface area contributed by atoms with Gasteiger partial charge in [0.15, 0.2) is 0 Å². The summed E-state index contributed by atoms with van der Waals surface area (Å²) in [5, 5.41) is 5.36. The van der Waals surface area contributed by atoms with Crippen LogP contribution in [0, 0.1) is 0 Å². The summed E-state index contributed by atoms with van der Waals surface area (Å²) in [5.74, 6) is 0.00524. The smallest absolute Gasteiger partial charge is 0.249 e. The van der Waals surface area contributed by atoms with Crippen LogP contribution in [0.4, 0.5) is 0 Å². The maximum Gasteiger partial charge on any atom is 0.249 e. The molecule has 1 fully saturated rings. The molecule has 1 unspecified atom stereocenters. The van der Waals surface area contributed by atoms with Gasteiger partial charge in [-0.25, -0.2) is 0 Å². The van der Waals surface area contributed by atoms with Crippen molar-refractivity contribution < 1.29 is 9.53 Å². The monoisotopic (exact) mass is 255 g/mol. The number of benzene rings is 2. The summed E-state index contributed by atoms with van der Waals surface area (Å²) in [5.41, 5.74) is 1.12. The van der Waals surface area contributed by atoms with Gasteiger partial charge in [-0.15, -0.1) is 0 Å². The van der Waals surface area contributed by atoms with Gasteiger partial charge in [-0.1, -0.05) is 36.4 Å². The van der Waals surface area contributed by atoms with Gasteiger partial charge in [-0.3, -0.25) is 4.79 Å². The number of hydrogen-bond acceptors (Lipinski definition) is 2. The number of fused-ring (bicyclic) bond motifs is 1. The molecule has 0 saturated carbocycles. The lowest BCUT2D eigenvalue weighted by molar-refractivity contribution is -0.130. The van der Waals surface area contributed by atoms with E-state index in [0.29, 0.717) is 13.2 Å². The van der Waals surface area contributed by atoms with E-state index in [1.54, 1.807) is 0 Å². The maximum absolute atomic E-state index is 11.8. The Morgan fingerprint density at radius 3 is 2.84 bits per heavy atom. The minimum absolute atomic E-state index is 0.00524. The zero-order valence-corrected chi connectivity index (χ0v) is 10.8. The molecule has 2 aromatic rings. The summed E-state index contributed by atoms with van der Waals surface area (Å²) in [6.45, 7) is 1.26. The Morgan fingerprint density at radius 1 is 1.21 bits per heavy atom. The van der Waals surface area contributed by atoms with Crippen molar-refractivity contribution in [2.75, 3.05) is 6.61 Å². The zero-order valence-electron chi connectivity index (χ0n) is 10.8. The standard InChI is InChI=1S/C16H17NO2/c18-16(15-6-3-9-19-15)17-11-12-7-8-13-4-1-2-5-14(13)10-12/h1-2,4-5,7-8,10,15H,3,6,9,11H2,(H,17,18). The number of amides is 1. The average molecular weight is 255 g/mol. The van der Waals surface area contributed by atoms with Crippen LogP contribution in [0.1, 0.15) is 18.4 Å². The summed E-state index contributed by atoms with van der Waals surface area (Å²) in [7, 11) is 0. The highest BCUT2D eigenvalue weighted by Gasteiger charge is 2.22. The number of rotatable bonds is 3. The Bertz CT molecular complexity index is 588. The number of carbonyl (C=O) groups excluding carboxylic acids is 1. The highest BCUT2D eigenvalue weighted by Crippen LogP contribution is 2.16. The summed E-state index contributed by atoms with van der Waals surface area (Å²) < 4.78 is 5.36. The summed E-state index contributed by atoms with van der Waals surface area (Å²) >= 11 is 0. The van der Waals surface area contributed by atoms with Crippen molar-refractivity contribution in [1.82, 2.24) is 5.32 Å². The quantitative estimate of drug-likeness (QED) is 0.915. The molecular formula is C16H17NO2. The highest BCUT2D eigenvalue weighted by molar-refractivity contribution is 5.83. The second-order valence-corrected chi connectivity index (χ2v) is 4.90.